The molecule has 0 aliphatic carbocycles. The van der Waals surface area contributed by atoms with E-state index in [-0.39, 0.29) is 17.0 Å². The molecule has 7 nitrogen and oxygen atoms in total. The SMILES string of the molecule is Cc1nnc(/C=C2/C(=O)N3C(C(=O)O)=CSC23)nc1C. The molecule has 1 aromatic rings. The van der Waals surface area contributed by atoms with Crippen molar-refractivity contribution in [2.75, 3.05) is 0 Å². The third kappa shape index (κ3) is 1.80. The zero-order valence-electron chi connectivity index (χ0n) is 10.7. The summed E-state index contributed by atoms with van der Waals surface area (Å²) in [6.07, 6.45) is 1.56. The summed E-state index contributed by atoms with van der Waals surface area (Å²) in [7, 11) is 0. The molecule has 1 unspecified atom stereocenters. The van der Waals surface area contributed by atoms with Gasteiger partial charge in [0.15, 0.2) is 5.82 Å². The van der Waals surface area contributed by atoms with Crippen LogP contribution >= 0.6 is 11.8 Å². The monoisotopic (exact) mass is 290 g/mol. The average molecular weight is 290 g/mol. The maximum atomic E-state index is 12.0. The number of aryl methyl sites for hydroxylation is 2. The number of nitrogens with zero attached hydrogens (tertiary/aromatic N) is 4. The second-order valence-corrected chi connectivity index (χ2v) is 5.37. The van der Waals surface area contributed by atoms with Crippen molar-refractivity contribution in [1.29, 1.82) is 0 Å². The van der Waals surface area contributed by atoms with Crippen LogP contribution in [0, 0.1) is 13.8 Å². The van der Waals surface area contributed by atoms with Crippen molar-refractivity contribution >= 4 is 29.7 Å². The van der Waals surface area contributed by atoms with E-state index < -0.39 is 5.97 Å². The summed E-state index contributed by atoms with van der Waals surface area (Å²) in [5, 5.41) is 18.0. The van der Waals surface area contributed by atoms with Gasteiger partial charge in [-0.25, -0.2) is 9.78 Å². The maximum Gasteiger partial charge on any atom is 0.353 e. The van der Waals surface area contributed by atoms with E-state index in [1.54, 1.807) is 13.0 Å². The van der Waals surface area contributed by atoms with Gasteiger partial charge < -0.3 is 5.11 Å². The average Bonchev–Trinajstić information content (AvgIpc) is 2.80. The number of carbonyl (C=O) groups excluding carboxylic acids is 1. The smallest absolute Gasteiger partial charge is 0.353 e. The molecular formula is C12H10N4O3S. The van der Waals surface area contributed by atoms with Crippen molar-refractivity contribution in [2.45, 2.75) is 19.2 Å². The molecule has 1 fully saturated rings. The lowest BCUT2D eigenvalue weighted by Gasteiger charge is -2.36. The highest BCUT2D eigenvalue weighted by Gasteiger charge is 2.49. The first-order valence-corrected chi connectivity index (χ1v) is 6.75. The van der Waals surface area contributed by atoms with E-state index in [4.69, 9.17) is 5.11 Å². The molecule has 1 atom stereocenters. The number of carboxylic acids is 1. The van der Waals surface area contributed by atoms with Crippen LogP contribution in [-0.4, -0.2) is 42.4 Å². The Hall–Kier alpha value is -2.22. The number of thioether (sulfide) groups is 1. The number of carbonyl (C=O) groups is 2. The van der Waals surface area contributed by atoms with Gasteiger partial charge in [-0.1, -0.05) is 0 Å². The van der Waals surface area contributed by atoms with Crippen molar-refractivity contribution in [3.63, 3.8) is 0 Å². The first kappa shape index (κ1) is 12.8. The molecule has 102 valence electrons. The van der Waals surface area contributed by atoms with Crippen LogP contribution < -0.4 is 0 Å². The standard InChI is InChI=1S/C12H10N4O3S/c1-5-6(2)14-15-9(13-5)3-7-10(17)16-8(12(18)19)4-20-11(7)16/h3-4,11H,1-2H3,(H,18,19)/b7-3-. The molecule has 2 aliphatic rings. The number of fused-ring (bicyclic) bond motifs is 1. The third-order valence-corrected chi connectivity index (χ3v) is 4.23. The number of aliphatic carboxylic acids is 1. The Kier molecular flexibility index (Phi) is 2.82. The zero-order valence-corrected chi connectivity index (χ0v) is 11.5. The summed E-state index contributed by atoms with van der Waals surface area (Å²) in [6, 6.07) is 0. The Labute approximate surface area is 118 Å². The van der Waals surface area contributed by atoms with Crippen LogP contribution in [0.25, 0.3) is 6.08 Å². The van der Waals surface area contributed by atoms with Crippen molar-refractivity contribution < 1.29 is 14.7 Å². The molecule has 0 spiro atoms. The van der Waals surface area contributed by atoms with Gasteiger partial charge in [-0.05, 0) is 19.9 Å². The summed E-state index contributed by atoms with van der Waals surface area (Å²) in [5.41, 5.74) is 1.99. The number of carboxylic acid groups (broad SMARTS) is 1. The van der Waals surface area contributed by atoms with Crippen LogP contribution in [0.4, 0.5) is 0 Å². The lowest BCUT2D eigenvalue weighted by molar-refractivity contribution is -0.141. The van der Waals surface area contributed by atoms with Gasteiger partial charge in [0.25, 0.3) is 5.91 Å². The van der Waals surface area contributed by atoms with E-state index in [1.807, 2.05) is 6.92 Å². The van der Waals surface area contributed by atoms with Crippen molar-refractivity contribution in [1.82, 2.24) is 20.1 Å². The highest BCUT2D eigenvalue weighted by Crippen LogP contribution is 2.44. The van der Waals surface area contributed by atoms with E-state index in [2.05, 4.69) is 15.2 Å². The fraction of sp³-hybridized carbons (Fsp3) is 0.250. The van der Waals surface area contributed by atoms with Crippen LogP contribution in [0.3, 0.4) is 0 Å². The highest BCUT2D eigenvalue weighted by atomic mass is 32.2. The predicted octanol–water partition coefficient (Wildman–Crippen LogP) is 0.713. The molecule has 0 saturated carbocycles. The Balaban J connectivity index is 1.88. The van der Waals surface area contributed by atoms with Gasteiger partial charge in [-0.2, -0.15) is 5.10 Å². The third-order valence-electron chi connectivity index (χ3n) is 3.15. The summed E-state index contributed by atoms with van der Waals surface area (Å²) in [4.78, 5) is 28.4. The van der Waals surface area contributed by atoms with Gasteiger partial charge in [0, 0.05) is 5.41 Å². The fourth-order valence-corrected chi connectivity index (χ4v) is 3.06. The fourth-order valence-electron chi connectivity index (χ4n) is 1.94. The van der Waals surface area contributed by atoms with Gasteiger partial charge in [-0.3, -0.25) is 9.69 Å². The van der Waals surface area contributed by atoms with E-state index in [1.165, 1.54) is 22.1 Å². The highest BCUT2D eigenvalue weighted by molar-refractivity contribution is 8.03. The Morgan fingerprint density at radius 3 is 2.80 bits per heavy atom. The molecule has 1 amide bonds. The van der Waals surface area contributed by atoms with Gasteiger partial charge in [0.1, 0.15) is 11.1 Å². The summed E-state index contributed by atoms with van der Waals surface area (Å²) >= 11 is 1.28. The molecule has 8 heteroatoms. The van der Waals surface area contributed by atoms with E-state index in [9.17, 15) is 9.59 Å². The van der Waals surface area contributed by atoms with Crippen molar-refractivity contribution in [3.8, 4) is 0 Å². The number of rotatable bonds is 2. The number of hydrogen-bond donors (Lipinski definition) is 1. The molecule has 0 bridgehead atoms. The zero-order chi connectivity index (χ0) is 14.4. The second-order valence-electron chi connectivity index (χ2n) is 4.41. The van der Waals surface area contributed by atoms with E-state index in [0.717, 1.165) is 11.4 Å². The molecule has 3 heterocycles. The molecule has 0 aromatic carbocycles. The van der Waals surface area contributed by atoms with Gasteiger partial charge in [-0.15, -0.1) is 16.9 Å². The van der Waals surface area contributed by atoms with Crippen LogP contribution in [0.2, 0.25) is 0 Å². The number of amides is 1. The molecule has 1 N–H and O–H groups in total. The van der Waals surface area contributed by atoms with Crippen molar-refractivity contribution in [3.05, 3.63) is 33.9 Å². The molecule has 3 rings (SSSR count). The molecule has 0 radical (unpaired) electrons. The topological polar surface area (TPSA) is 96.3 Å². The van der Waals surface area contributed by atoms with Gasteiger partial charge in [0.05, 0.1) is 17.0 Å². The van der Waals surface area contributed by atoms with Crippen LogP contribution in [-0.2, 0) is 9.59 Å². The minimum atomic E-state index is -1.10. The van der Waals surface area contributed by atoms with E-state index >= 15 is 0 Å². The van der Waals surface area contributed by atoms with Gasteiger partial charge in [0.2, 0.25) is 0 Å². The summed E-state index contributed by atoms with van der Waals surface area (Å²) < 4.78 is 0. The van der Waals surface area contributed by atoms with Gasteiger partial charge >= 0.3 is 5.97 Å². The Morgan fingerprint density at radius 2 is 2.15 bits per heavy atom. The molecule has 2 aliphatic heterocycles. The predicted molar refractivity (Wildman–Crippen MR) is 71.2 cm³/mol. The molecular weight excluding hydrogens is 280 g/mol. The molecule has 1 aromatic heterocycles. The normalized spacial score (nSPS) is 22.6. The first-order chi connectivity index (χ1) is 9.49. The molecule has 20 heavy (non-hydrogen) atoms. The van der Waals surface area contributed by atoms with E-state index in [0.29, 0.717) is 11.4 Å². The van der Waals surface area contributed by atoms with Crippen LogP contribution in [0.15, 0.2) is 16.7 Å². The van der Waals surface area contributed by atoms with Crippen molar-refractivity contribution in [2.24, 2.45) is 0 Å². The molecule has 1 saturated heterocycles. The summed E-state index contributed by atoms with van der Waals surface area (Å²) in [6.45, 7) is 3.62. The number of β-lactam (4-membered cyclic amide) rings is 1. The maximum absolute atomic E-state index is 12.0. The first-order valence-electron chi connectivity index (χ1n) is 5.81. The largest absolute Gasteiger partial charge is 0.477 e. The number of aromatic nitrogens is 3. The minimum Gasteiger partial charge on any atom is -0.477 e. The minimum absolute atomic E-state index is 0.0151. The Bertz CT molecular complexity index is 698. The second kappa shape index (κ2) is 4.41. The lowest BCUT2D eigenvalue weighted by Crippen LogP contribution is -2.51. The van der Waals surface area contributed by atoms with Crippen LogP contribution in [0.1, 0.15) is 17.2 Å². The Morgan fingerprint density at radius 1 is 1.40 bits per heavy atom. The summed E-state index contributed by atoms with van der Waals surface area (Å²) in [5.74, 6) is -1.06. The number of hydrogen-bond acceptors (Lipinski definition) is 6. The van der Waals surface area contributed by atoms with Crippen LogP contribution in [0.5, 0.6) is 0 Å². The quantitative estimate of drug-likeness (QED) is 0.633. The lowest BCUT2D eigenvalue weighted by atomic mass is 10.0.